The number of rotatable bonds is 9. The Morgan fingerprint density at radius 1 is 1.14 bits per heavy atom. The molecule has 0 radical (unpaired) electrons. The monoisotopic (exact) mass is 415 g/mol. The van der Waals surface area contributed by atoms with E-state index >= 15 is 0 Å². The van der Waals surface area contributed by atoms with Crippen molar-refractivity contribution in [3.05, 3.63) is 58.6 Å². The predicted octanol–water partition coefficient (Wildman–Crippen LogP) is 3.55. The van der Waals surface area contributed by atoms with Gasteiger partial charge in [-0.2, -0.15) is 5.26 Å². The Labute approximate surface area is 177 Å². The highest BCUT2D eigenvalue weighted by Crippen LogP contribution is 2.28. The number of nitrogens with zero attached hydrogens (tertiary/aromatic N) is 3. The van der Waals surface area contributed by atoms with Crippen LogP contribution in [0.25, 0.3) is 0 Å². The molecule has 0 bridgehead atoms. The molecule has 0 spiro atoms. The van der Waals surface area contributed by atoms with Gasteiger partial charge in [0.1, 0.15) is 6.04 Å². The molecule has 0 unspecified atom stereocenters. The average Bonchev–Trinajstić information content (AvgIpc) is 2.73. The van der Waals surface area contributed by atoms with Crippen LogP contribution in [0.5, 0.6) is 11.5 Å². The highest BCUT2D eigenvalue weighted by molar-refractivity contribution is 6.31. The molecule has 0 aromatic heterocycles. The predicted molar refractivity (Wildman–Crippen MR) is 113 cm³/mol. The molecule has 6 nitrogen and oxygen atoms in total. The summed E-state index contributed by atoms with van der Waals surface area (Å²) >= 11 is 6.20. The van der Waals surface area contributed by atoms with Crippen molar-refractivity contribution in [2.45, 2.75) is 12.5 Å². The Kier molecular flexibility index (Phi) is 8.32. The number of methoxy groups -OCH3 is 2. The van der Waals surface area contributed by atoms with Crippen molar-refractivity contribution in [2.24, 2.45) is 0 Å². The van der Waals surface area contributed by atoms with E-state index < -0.39 is 6.04 Å². The van der Waals surface area contributed by atoms with E-state index in [-0.39, 0.29) is 12.5 Å². The van der Waals surface area contributed by atoms with Gasteiger partial charge in [0.2, 0.25) is 5.91 Å². The smallest absolute Gasteiger partial charge is 0.237 e. The van der Waals surface area contributed by atoms with E-state index in [0.29, 0.717) is 28.6 Å². The molecule has 0 saturated heterocycles. The molecule has 2 rings (SSSR count). The largest absolute Gasteiger partial charge is 0.493 e. The van der Waals surface area contributed by atoms with Crippen LogP contribution in [-0.4, -0.2) is 57.1 Å². The van der Waals surface area contributed by atoms with Gasteiger partial charge in [-0.25, -0.2) is 0 Å². The number of benzene rings is 2. The molecule has 0 aliphatic rings. The second-order valence-corrected chi connectivity index (χ2v) is 7.14. The maximum atomic E-state index is 12.7. The average molecular weight is 416 g/mol. The third-order valence-electron chi connectivity index (χ3n) is 4.74. The van der Waals surface area contributed by atoms with Crippen LogP contribution in [0, 0.1) is 11.3 Å². The van der Waals surface area contributed by atoms with Crippen LogP contribution < -0.4 is 9.47 Å². The standard InChI is InChI=1S/C22H26ClN3O3/c1-25(12-11-16-9-10-20(28-3)21(13-16)29-4)15-22(27)26(2)19(14-24)17-7-5-6-8-18(17)23/h5-10,13,19H,11-12,15H2,1-4H3/t19-/m0/s1. The maximum Gasteiger partial charge on any atom is 0.237 e. The molecule has 2 aromatic rings. The van der Waals surface area contributed by atoms with Gasteiger partial charge in [-0.15, -0.1) is 0 Å². The molecule has 0 fully saturated rings. The van der Waals surface area contributed by atoms with Crippen LogP contribution in [0.2, 0.25) is 5.02 Å². The van der Waals surface area contributed by atoms with Crippen LogP contribution in [0.15, 0.2) is 42.5 Å². The van der Waals surface area contributed by atoms with Crippen LogP contribution in [0.1, 0.15) is 17.2 Å². The Morgan fingerprint density at radius 3 is 2.45 bits per heavy atom. The van der Waals surface area contributed by atoms with Crippen molar-refractivity contribution in [3.8, 4) is 17.6 Å². The molecular weight excluding hydrogens is 390 g/mol. The molecule has 29 heavy (non-hydrogen) atoms. The van der Waals surface area contributed by atoms with E-state index in [4.69, 9.17) is 21.1 Å². The first-order valence-electron chi connectivity index (χ1n) is 9.20. The second kappa shape index (κ2) is 10.7. The summed E-state index contributed by atoms with van der Waals surface area (Å²) < 4.78 is 10.6. The molecule has 0 N–H and O–H groups in total. The van der Waals surface area contributed by atoms with E-state index in [9.17, 15) is 10.1 Å². The molecule has 0 heterocycles. The van der Waals surface area contributed by atoms with Gasteiger partial charge in [-0.1, -0.05) is 35.9 Å². The fourth-order valence-electron chi connectivity index (χ4n) is 2.98. The number of amides is 1. The zero-order valence-electron chi connectivity index (χ0n) is 17.2. The summed E-state index contributed by atoms with van der Waals surface area (Å²) in [6.45, 7) is 0.880. The minimum Gasteiger partial charge on any atom is -0.493 e. The Morgan fingerprint density at radius 2 is 1.83 bits per heavy atom. The Bertz CT molecular complexity index is 882. The van der Waals surface area contributed by atoms with Crippen LogP contribution in [0.3, 0.4) is 0 Å². The SMILES string of the molecule is COc1ccc(CCN(C)CC(=O)N(C)[C@@H](C#N)c2ccccc2Cl)cc1OC. The van der Waals surface area contributed by atoms with Crippen LogP contribution in [-0.2, 0) is 11.2 Å². The number of ether oxygens (including phenoxy) is 2. The number of carbonyl (C=O) groups excluding carboxylic acids is 1. The Balaban J connectivity index is 1.96. The molecule has 154 valence electrons. The summed E-state index contributed by atoms with van der Waals surface area (Å²) in [4.78, 5) is 16.1. The third-order valence-corrected chi connectivity index (χ3v) is 5.08. The highest BCUT2D eigenvalue weighted by atomic mass is 35.5. The molecule has 0 aliphatic heterocycles. The van der Waals surface area contributed by atoms with Gasteiger partial charge >= 0.3 is 0 Å². The lowest BCUT2D eigenvalue weighted by Gasteiger charge is -2.26. The van der Waals surface area contributed by atoms with Gasteiger partial charge in [0.15, 0.2) is 11.5 Å². The summed E-state index contributed by atoms with van der Waals surface area (Å²) in [5.41, 5.74) is 1.71. The summed E-state index contributed by atoms with van der Waals surface area (Å²) in [6, 6.07) is 14.3. The fraction of sp³-hybridized carbons (Fsp3) is 0.364. The summed E-state index contributed by atoms with van der Waals surface area (Å²) in [6.07, 6.45) is 0.750. The van der Waals surface area contributed by atoms with Gasteiger partial charge in [0.05, 0.1) is 26.8 Å². The van der Waals surface area contributed by atoms with Crippen LogP contribution in [0.4, 0.5) is 0 Å². The zero-order chi connectivity index (χ0) is 21.4. The van der Waals surface area contributed by atoms with Gasteiger partial charge in [0, 0.05) is 24.2 Å². The molecular formula is C22H26ClN3O3. The van der Waals surface area contributed by atoms with E-state index in [1.54, 1.807) is 45.5 Å². The van der Waals surface area contributed by atoms with E-state index in [1.165, 1.54) is 4.90 Å². The first-order chi connectivity index (χ1) is 13.9. The van der Waals surface area contributed by atoms with Crippen molar-refractivity contribution in [1.82, 2.24) is 9.80 Å². The van der Waals surface area contributed by atoms with Gasteiger partial charge < -0.3 is 14.4 Å². The molecule has 0 aliphatic carbocycles. The van der Waals surface area contributed by atoms with Crippen molar-refractivity contribution < 1.29 is 14.3 Å². The molecule has 0 saturated carbocycles. The normalized spacial score (nSPS) is 11.6. The van der Waals surface area contributed by atoms with Crippen molar-refractivity contribution >= 4 is 17.5 Å². The number of carbonyl (C=O) groups is 1. The molecule has 2 aromatic carbocycles. The summed E-state index contributed by atoms with van der Waals surface area (Å²) in [5.74, 6) is 1.22. The van der Waals surface area contributed by atoms with Crippen molar-refractivity contribution in [3.63, 3.8) is 0 Å². The number of halogens is 1. The van der Waals surface area contributed by atoms with E-state index in [1.807, 2.05) is 30.1 Å². The summed E-state index contributed by atoms with van der Waals surface area (Å²) in [5, 5.41) is 10.0. The minimum absolute atomic E-state index is 0.147. The number of hydrogen-bond acceptors (Lipinski definition) is 5. The minimum atomic E-state index is -0.726. The quantitative estimate of drug-likeness (QED) is 0.626. The third kappa shape index (κ3) is 5.86. The lowest BCUT2D eigenvalue weighted by Crippen LogP contribution is -2.39. The Hall–Kier alpha value is -2.75. The first kappa shape index (κ1) is 22.5. The lowest BCUT2D eigenvalue weighted by molar-refractivity contribution is -0.132. The topological polar surface area (TPSA) is 65.8 Å². The summed E-state index contributed by atoms with van der Waals surface area (Å²) in [7, 11) is 6.71. The van der Waals surface area contributed by atoms with E-state index in [0.717, 1.165) is 12.0 Å². The molecule has 1 amide bonds. The lowest BCUT2D eigenvalue weighted by atomic mass is 10.1. The first-order valence-corrected chi connectivity index (χ1v) is 9.58. The van der Waals surface area contributed by atoms with Crippen molar-refractivity contribution in [1.29, 1.82) is 5.26 Å². The van der Waals surface area contributed by atoms with Gasteiger partial charge in [0.25, 0.3) is 0 Å². The molecule has 7 heteroatoms. The number of hydrogen-bond donors (Lipinski definition) is 0. The second-order valence-electron chi connectivity index (χ2n) is 6.73. The fourth-order valence-corrected chi connectivity index (χ4v) is 3.22. The maximum absolute atomic E-state index is 12.7. The zero-order valence-corrected chi connectivity index (χ0v) is 17.9. The van der Waals surface area contributed by atoms with Crippen molar-refractivity contribution in [2.75, 3.05) is 41.4 Å². The number of nitriles is 1. The van der Waals surface area contributed by atoms with E-state index in [2.05, 4.69) is 6.07 Å². The highest BCUT2D eigenvalue weighted by Gasteiger charge is 2.24. The van der Waals surface area contributed by atoms with Crippen LogP contribution >= 0.6 is 11.6 Å². The molecule has 1 atom stereocenters. The van der Waals surface area contributed by atoms with Gasteiger partial charge in [-0.3, -0.25) is 9.69 Å². The van der Waals surface area contributed by atoms with Gasteiger partial charge in [-0.05, 0) is 37.2 Å². The number of likely N-dealkylation sites (N-methyl/N-ethyl adjacent to an activating group) is 2.